The monoisotopic (exact) mass is 246 g/mol. The van der Waals surface area contributed by atoms with Crippen LogP contribution >= 0.6 is 0 Å². The molecule has 0 spiro atoms. The van der Waals surface area contributed by atoms with Gasteiger partial charge in [-0.1, -0.05) is 18.2 Å². The first-order chi connectivity index (χ1) is 8.59. The lowest BCUT2D eigenvalue weighted by atomic mass is 9.97. The minimum absolute atomic E-state index is 0.0815. The molecule has 18 heavy (non-hydrogen) atoms. The van der Waals surface area contributed by atoms with E-state index < -0.39 is 0 Å². The molecule has 1 aliphatic heterocycles. The van der Waals surface area contributed by atoms with E-state index in [1.165, 1.54) is 16.7 Å². The summed E-state index contributed by atoms with van der Waals surface area (Å²) in [6.45, 7) is 8.04. The first-order valence-corrected chi connectivity index (χ1v) is 6.67. The maximum absolute atomic E-state index is 12.1. The third-order valence-corrected chi connectivity index (χ3v) is 3.90. The zero-order chi connectivity index (χ0) is 13.1. The Balaban J connectivity index is 2.04. The number of nitrogens with one attached hydrogen (secondary N) is 2. The van der Waals surface area contributed by atoms with Gasteiger partial charge in [0.25, 0.3) is 0 Å². The molecule has 98 valence electrons. The lowest BCUT2D eigenvalue weighted by molar-refractivity contribution is -0.125. The molecule has 1 heterocycles. The molecule has 1 aromatic rings. The summed E-state index contributed by atoms with van der Waals surface area (Å²) >= 11 is 0. The van der Waals surface area contributed by atoms with E-state index in [-0.39, 0.29) is 17.9 Å². The van der Waals surface area contributed by atoms with Crippen molar-refractivity contribution in [1.29, 1.82) is 0 Å². The molecular weight excluding hydrogens is 224 g/mol. The Kier molecular flexibility index (Phi) is 4.02. The number of carbonyl (C=O) groups is 1. The molecule has 0 saturated carbocycles. The molecule has 2 atom stereocenters. The van der Waals surface area contributed by atoms with Gasteiger partial charge in [0, 0.05) is 6.54 Å². The average molecular weight is 246 g/mol. The standard InChI is InChI=1S/C15H22N2O/c1-10-5-4-6-14(11(10)2)12(3)17-15(18)13-7-8-16-9-13/h4-6,12-13,16H,7-9H2,1-3H3,(H,17,18). The highest BCUT2D eigenvalue weighted by atomic mass is 16.2. The van der Waals surface area contributed by atoms with E-state index in [9.17, 15) is 4.79 Å². The first kappa shape index (κ1) is 13.1. The van der Waals surface area contributed by atoms with Gasteiger partial charge < -0.3 is 10.6 Å². The molecule has 2 unspecified atom stereocenters. The maximum Gasteiger partial charge on any atom is 0.224 e. The molecule has 0 aliphatic carbocycles. The van der Waals surface area contributed by atoms with Crippen molar-refractivity contribution in [2.75, 3.05) is 13.1 Å². The van der Waals surface area contributed by atoms with Crippen LogP contribution in [0.2, 0.25) is 0 Å². The number of amides is 1. The van der Waals surface area contributed by atoms with Gasteiger partial charge in [-0.15, -0.1) is 0 Å². The second-order valence-electron chi connectivity index (χ2n) is 5.21. The minimum atomic E-state index is 0.0815. The van der Waals surface area contributed by atoms with Gasteiger partial charge in [-0.05, 0) is 50.4 Å². The van der Waals surface area contributed by atoms with Crippen molar-refractivity contribution in [3.8, 4) is 0 Å². The topological polar surface area (TPSA) is 41.1 Å². The summed E-state index contributed by atoms with van der Waals surface area (Å²) in [4.78, 5) is 12.1. The normalized spacial score (nSPS) is 20.7. The van der Waals surface area contributed by atoms with Gasteiger partial charge in [-0.3, -0.25) is 4.79 Å². The van der Waals surface area contributed by atoms with E-state index in [0.29, 0.717) is 0 Å². The SMILES string of the molecule is Cc1cccc(C(C)NC(=O)C2CCNC2)c1C. The summed E-state index contributed by atoms with van der Waals surface area (Å²) in [5.74, 6) is 0.311. The Hall–Kier alpha value is -1.35. The van der Waals surface area contributed by atoms with Crippen LogP contribution in [0, 0.1) is 19.8 Å². The van der Waals surface area contributed by atoms with Crippen LogP contribution in [0.5, 0.6) is 0 Å². The number of hydrogen-bond acceptors (Lipinski definition) is 2. The van der Waals surface area contributed by atoms with Crippen LogP contribution in [0.1, 0.15) is 36.1 Å². The Morgan fingerprint density at radius 2 is 2.22 bits per heavy atom. The van der Waals surface area contributed by atoms with Crippen LogP contribution in [0.15, 0.2) is 18.2 Å². The van der Waals surface area contributed by atoms with E-state index in [1.54, 1.807) is 0 Å². The summed E-state index contributed by atoms with van der Waals surface area (Å²) in [6.07, 6.45) is 0.950. The lowest BCUT2D eigenvalue weighted by Crippen LogP contribution is -2.34. The zero-order valence-electron chi connectivity index (χ0n) is 11.4. The van der Waals surface area contributed by atoms with Crippen molar-refractivity contribution in [3.05, 3.63) is 34.9 Å². The molecule has 0 bridgehead atoms. The van der Waals surface area contributed by atoms with Crippen molar-refractivity contribution < 1.29 is 4.79 Å². The van der Waals surface area contributed by atoms with Crippen LogP contribution < -0.4 is 10.6 Å². The second-order valence-corrected chi connectivity index (χ2v) is 5.21. The molecular formula is C15H22N2O. The molecule has 1 fully saturated rings. The summed E-state index contributed by atoms with van der Waals surface area (Å²) in [5.41, 5.74) is 3.76. The third-order valence-electron chi connectivity index (χ3n) is 3.90. The maximum atomic E-state index is 12.1. The van der Waals surface area contributed by atoms with E-state index in [2.05, 4.69) is 49.6 Å². The van der Waals surface area contributed by atoms with Crippen molar-refractivity contribution in [1.82, 2.24) is 10.6 Å². The number of aryl methyl sites for hydroxylation is 1. The Morgan fingerprint density at radius 3 is 2.89 bits per heavy atom. The van der Waals surface area contributed by atoms with Crippen molar-refractivity contribution in [2.45, 2.75) is 33.2 Å². The van der Waals surface area contributed by atoms with E-state index in [0.717, 1.165) is 19.5 Å². The summed E-state index contributed by atoms with van der Waals surface area (Å²) in [6, 6.07) is 6.34. The molecule has 0 aromatic heterocycles. The highest BCUT2D eigenvalue weighted by molar-refractivity contribution is 5.79. The largest absolute Gasteiger partial charge is 0.349 e. The fraction of sp³-hybridized carbons (Fsp3) is 0.533. The van der Waals surface area contributed by atoms with E-state index in [1.807, 2.05) is 0 Å². The van der Waals surface area contributed by atoms with Crippen LogP contribution in [0.3, 0.4) is 0 Å². The van der Waals surface area contributed by atoms with Gasteiger partial charge in [0.2, 0.25) is 5.91 Å². The predicted molar refractivity (Wildman–Crippen MR) is 73.5 cm³/mol. The number of benzene rings is 1. The van der Waals surface area contributed by atoms with Crippen LogP contribution in [0.25, 0.3) is 0 Å². The molecule has 2 N–H and O–H groups in total. The third kappa shape index (κ3) is 2.72. The van der Waals surface area contributed by atoms with Crippen molar-refractivity contribution in [2.24, 2.45) is 5.92 Å². The number of hydrogen-bond donors (Lipinski definition) is 2. The Bertz CT molecular complexity index is 436. The molecule has 1 aromatic carbocycles. The minimum Gasteiger partial charge on any atom is -0.349 e. The number of carbonyl (C=O) groups excluding carboxylic acids is 1. The molecule has 1 aliphatic rings. The highest BCUT2D eigenvalue weighted by Gasteiger charge is 2.24. The fourth-order valence-electron chi connectivity index (χ4n) is 2.53. The van der Waals surface area contributed by atoms with Crippen molar-refractivity contribution >= 4 is 5.91 Å². The summed E-state index contributed by atoms with van der Waals surface area (Å²) < 4.78 is 0. The average Bonchev–Trinajstić information content (AvgIpc) is 2.86. The van der Waals surface area contributed by atoms with Crippen LogP contribution in [-0.2, 0) is 4.79 Å². The van der Waals surface area contributed by atoms with Gasteiger partial charge in [0.05, 0.1) is 12.0 Å². The smallest absolute Gasteiger partial charge is 0.224 e. The summed E-state index contributed by atoms with van der Waals surface area (Å²) in [7, 11) is 0. The second kappa shape index (κ2) is 5.53. The van der Waals surface area contributed by atoms with Gasteiger partial charge in [-0.2, -0.15) is 0 Å². The fourth-order valence-corrected chi connectivity index (χ4v) is 2.53. The van der Waals surface area contributed by atoms with Crippen LogP contribution in [0.4, 0.5) is 0 Å². The molecule has 1 saturated heterocycles. The van der Waals surface area contributed by atoms with Gasteiger partial charge in [0.15, 0.2) is 0 Å². The lowest BCUT2D eigenvalue weighted by Gasteiger charge is -2.19. The molecule has 3 nitrogen and oxygen atoms in total. The molecule has 0 radical (unpaired) electrons. The Morgan fingerprint density at radius 1 is 1.44 bits per heavy atom. The van der Waals surface area contributed by atoms with Gasteiger partial charge in [0.1, 0.15) is 0 Å². The van der Waals surface area contributed by atoms with Gasteiger partial charge in [-0.25, -0.2) is 0 Å². The number of rotatable bonds is 3. The quantitative estimate of drug-likeness (QED) is 0.857. The molecule has 2 rings (SSSR count). The first-order valence-electron chi connectivity index (χ1n) is 6.67. The highest BCUT2D eigenvalue weighted by Crippen LogP contribution is 2.21. The van der Waals surface area contributed by atoms with Crippen molar-refractivity contribution in [3.63, 3.8) is 0 Å². The molecule has 3 heteroatoms. The summed E-state index contributed by atoms with van der Waals surface area (Å²) in [5, 5.41) is 6.35. The predicted octanol–water partition coefficient (Wildman–Crippen LogP) is 2.09. The Labute approximate surface area is 109 Å². The zero-order valence-corrected chi connectivity index (χ0v) is 11.4. The van der Waals surface area contributed by atoms with E-state index in [4.69, 9.17) is 0 Å². The van der Waals surface area contributed by atoms with E-state index >= 15 is 0 Å². The van der Waals surface area contributed by atoms with Gasteiger partial charge >= 0.3 is 0 Å². The van der Waals surface area contributed by atoms with Crippen LogP contribution in [-0.4, -0.2) is 19.0 Å². The molecule has 1 amide bonds.